The molecule has 1 fully saturated rings. The highest BCUT2D eigenvalue weighted by Gasteiger charge is 2.33. The van der Waals surface area contributed by atoms with Gasteiger partial charge in [0.15, 0.2) is 0 Å². The molecule has 1 unspecified atom stereocenters. The van der Waals surface area contributed by atoms with Crippen LogP contribution in [-0.2, 0) is 0 Å². The lowest BCUT2D eigenvalue weighted by Crippen LogP contribution is -2.39. The minimum Gasteiger partial charge on any atom is -0.315 e. The van der Waals surface area contributed by atoms with Gasteiger partial charge in [0.25, 0.3) is 0 Å². The van der Waals surface area contributed by atoms with Gasteiger partial charge in [0.05, 0.1) is 0 Å². The Hall–Kier alpha value is -0.0400. The lowest BCUT2D eigenvalue weighted by atomic mass is 9.66. The fourth-order valence-corrected chi connectivity index (χ4v) is 3.98. The first-order valence-electron chi connectivity index (χ1n) is 8.49. The van der Waals surface area contributed by atoms with Crippen molar-refractivity contribution in [2.24, 2.45) is 17.3 Å². The van der Waals surface area contributed by atoms with Crippen LogP contribution in [0.2, 0.25) is 0 Å². The van der Waals surface area contributed by atoms with Crippen LogP contribution in [0.25, 0.3) is 0 Å². The van der Waals surface area contributed by atoms with Crippen molar-refractivity contribution in [2.45, 2.75) is 91.5 Å². The van der Waals surface area contributed by atoms with E-state index in [-0.39, 0.29) is 5.54 Å². The average Bonchev–Trinajstić information content (AvgIpc) is 2.38. The van der Waals surface area contributed by atoms with Crippen LogP contribution in [0.1, 0.15) is 86.0 Å². The normalized spacial score (nSPS) is 20.5. The molecule has 0 amide bonds. The van der Waals surface area contributed by atoms with Crippen LogP contribution >= 0.6 is 0 Å². The van der Waals surface area contributed by atoms with E-state index in [0.29, 0.717) is 5.41 Å². The lowest BCUT2D eigenvalue weighted by molar-refractivity contribution is 0.109. The molecule has 0 heterocycles. The van der Waals surface area contributed by atoms with Gasteiger partial charge in [0.2, 0.25) is 0 Å². The molecular formula is C18H37N. The third kappa shape index (κ3) is 5.45. The molecule has 1 rings (SSSR count). The highest BCUT2D eigenvalue weighted by Crippen LogP contribution is 2.44. The third-order valence-corrected chi connectivity index (χ3v) is 5.58. The van der Waals surface area contributed by atoms with Gasteiger partial charge in [0, 0.05) is 5.54 Å². The maximum Gasteiger partial charge on any atom is 0.0124 e. The second kappa shape index (κ2) is 7.11. The Morgan fingerprint density at radius 2 is 1.58 bits per heavy atom. The quantitative estimate of drug-likeness (QED) is 0.651. The number of hydrogen-bond acceptors (Lipinski definition) is 1. The van der Waals surface area contributed by atoms with Crippen LogP contribution in [0.4, 0.5) is 0 Å². The molecule has 0 radical (unpaired) electrons. The molecule has 0 bridgehead atoms. The number of rotatable bonds is 7. The minimum atomic E-state index is 0.281. The Morgan fingerprint density at radius 1 is 1.00 bits per heavy atom. The Morgan fingerprint density at radius 3 is 2.05 bits per heavy atom. The first kappa shape index (κ1) is 17.0. The van der Waals surface area contributed by atoms with Crippen LogP contribution in [0.15, 0.2) is 0 Å². The average molecular weight is 268 g/mol. The molecule has 0 aromatic carbocycles. The van der Waals surface area contributed by atoms with Gasteiger partial charge in [-0.15, -0.1) is 0 Å². The van der Waals surface area contributed by atoms with E-state index in [4.69, 9.17) is 0 Å². The van der Waals surface area contributed by atoms with E-state index in [1.54, 1.807) is 0 Å². The third-order valence-electron chi connectivity index (χ3n) is 5.58. The predicted octanol–water partition coefficient (Wildman–Crippen LogP) is 5.40. The fourth-order valence-electron chi connectivity index (χ4n) is 3.98. The van der Waals surface area contributed by atoms with Crippen molar-refractivity contribution in [1.29, 1.82) is 0 Å². The van der Waals surface area contributed by atoms with E-state index in [1.807, 2.05) is 0 Å². The zero-order valence-corrected chi connectivity index (χ0v) is 14.3. The number of nitrogens with one attached hydrogen (secondary N) is 1. The van der Waals surface area contributed by atoms with Crippen LogP contribution in [0.5, 0.6) is 0 Å². The molecule has 19 heavy (non-hydrogen) atoms. The second-order valence-corrected chi connectivity index (χ2v) is 8.14. The summed E-state index contributed by atoms with van der Waals surface area (Å²) < 4.78 is 0. The summed E-state index contributed by atoms with van der Waals surface area (Å²) in [5, 5.41) is 3.47. The predicted molar refractivity (Wildman–Crippen MR) is 86.5 cm³/mol. The second-order valence-electron chi connectivity index (χ2n) is 8.14. The Bertz CT molecular complexity index is 248. The van der Waals surface area contributed by atoms with Crippen molar-refractivity contribution >= 4 is 0 Å². The molecule has 1 N–H and O–H groups in total. The fraction of sp³-hybridized carbons (Fsp3) is 1.00. The molecule has 0 aromatic heterocycles. The molecule has 1 aliphatic carbocycles. The summed E-state index contributed by atoms with van der Waals surface area (Å²) in [5.74, 6) is 1.83. The molecule has 114 valence electrons. The summed E-state index contributed by atoms with van der Waals surface area (Å²) in [7, 11) is 2.10. The summed E-state index contributed by atoms with van der Waals surface area (Å²) in [5.41, 5.74) is 0.814. The van der Waals surface area contributed by atoms with Crippen molar-refractivity contribution in [3.8, 4) is 0 Å². The summed E-state index contributed by atoms with van der Waals surface area (Å²) in [6.45, 7) is 12.1. The van der Waals surface area contributed by atoms with E-state index < -0.39 is 0 Å². The summed E-state index contributed by atoms with van der Waals surface area (Å²) in [6.07, 6.45) is 11.4. The van der Waals surface area contributed by atoms with Gasteiger partial charge in [-0.2, -0.15) is 0 Å². The highest BCUT2D eigenvalue weighted by atomic mass is 14.9. The van der Waals surface area contributed by atoms with Gasteiger partial charge >= 0.3 is 0 Å². The first-order chi connectivity index (χ1) is 8.80. The summed E-state index contributed by atoms with van der Waals surface area (Å²) in [4.78, 5) is 0. The van der Waals surface area contributed by atoms with E-state index >= 15 is 0 Å². The summed E-state index contributed by atoms with van der Waals surface area (Å²) >= 11 is 0. The molecular weight excluding hydrogens is 230 g/mol. The van der Waals surface area contributed by atoms with Crippen molar-refractivity contribution in [2.75, 3.05) is 7.05 Å². The standard InChI is InChI=1S/C18H37N/c1-7-15(14-18(4,5)19-6)13-17(2,3)16-11-9-8-10-12-16/h15-16,19H,7-14H2,1-6H3. The maximum atomic E-state index is 3.47. The summed E-state index contributed by atoms with van der Waals surface area (Å²) in [6, 6.07) is 0. The first-order valence-corrected chi connectivity index (χ1v) is 8.49. The van der Waals surface area contributed by atoms with Gasteiger partial charge in [0.1, 0.15) is 0 Å². The van der Waals surface area contributed by atoms with E-state index in [0.717, 1.165) is 11.8 Å². The minimum absolute atomic E-state index is 0.281. The SMILES string of the molecule is CCC(CC(C)(C)NC)CC(C)(C)C1CCCCC1. The van der Waals surface area contributed by atoms with Crippen molar-refractivity contribution in [1.82, 2.24) is 5.32 Å². The molecule has 0 spiro atoms. The molecule has 0 saturated heterocycles. The van der Waals surface area contributed by atoms with Gasteiger partial charge in [-0.25, -0.2) is 0 Å². The zero-order valence-electron chi connectivity index (χ0n) is 14.3. The van der Waals surface area contributed by atoms with Gasteiger partial charge in [-0.1, -0.05) is 46.5 Å². The Balaban J connectivity index is 2.57. The van der Waals surface area contributed by atoms with E-state index in [2.05, 4.69) is 47.0 Å². The lowest BCUT2D eigenvalue weighted by Gasteiger charge is -2.41. The van der Waals surface area contributed by atoms with Crippen LogP contribution in [-0.4, -0.2) is 12.6 Å². The topological polar surface area (TPSA) is 12.0 Å². The molecule has 1 aliphatic rings. The smallest absolute Gasteiger partial charge is 0.0124 e. The van der Waals surface area contributed by atoms with E-state index in [1.165, 1.54) is 51.4 Å². The maximum absolute atomic E-state index is 3.47. The molecule has 1 atom stereocenters. The number of hydrogen-bond donors (Lipinski definition) is 1. The van der Waals surface area contributed by atoms with E-state index in [9.17, 15) is 0 Å². The van der Waals surface area contributed by atoms with Crippen molar-refractivity contribution in [3.05, 3.63) is 0 Å². The van der Waals surface area contributed by atoms with Gasteiger partial charge in [-0.05, 0) is 63.8 Å². The molecule has 1 heteroatoms. The highest BCUT2D eigenvalue weighted by molar-refractivity contribution is 4.86. The van der Waals surface area contributed by atoms with Gasteiger partial charge < -0.3 is 5.32 Å². The van der Waals surface area contributed by atoms with Crippen LogP contribution in [0, 0.1) is 17.3 Å². The monoisotopic (exact) mass is 267 g/mol. The molecule has 0 aliphatic heterocycles. The Labute approximate surface area is 121 Å². The van der Waals surface area contributed by atoms with Crippen LogP contribution < -0.4 is 5.32 Å². The molecule has 1 saturated carbocycles. The van der Waals surface area contributed by atoms with Crippen LogP contribution in [0.3, 0.4) is 0 Å². The van der Waals surface area contributed by atoms with Crippen molar-refractivity contribution < 1.29 is 0 Å². The zero-order chi connectivity index (χ0) is 14.5. The largest absolute Gasteiger partial charge is 0.315 e. The molecule has 0 aromatic rings. The molecule has 1 nitrogen and oxygen atoms in total. The van der Waals surface area contributed by atoms with Gasteiger partial charge in [-0.3, -0.25) is 0 Å². The van der Waals surface area contributed by atoms with Crippen molar-refractivity contribution in [3.63, 3.8) is 0 Å². The Kier molecular flexibility index (Phi) is 6.36.